The van der Waals surface area contributed by atoms with Gasteiger partial charge >= 0.3 is 0 Å². The number of halogens is 1. The lowest BCUT2D eigenvalue weighted by Gasteiger charge is -2.23. The van der Waals surface area contributed by atoms with Gasteiger partial charge in [0.05, 0.1) is 11.3 Å². The smallest absolute Gasteiger partial charge is 0.277 e. The summed E-state index contributed by atoms with van der Waals surface area (Å²) in [5, 5.41) is 8.80. The van der Waals surface area contributed by atoms with Gasteiger partial charge in [0.1, 0.15) is 5.69 Å². The maximum absolute atomic E-state index is 4.81. The third-order valence-corrected chi connectivity index (χ3v) is 3.73. The van der Waals surface area contributed by atoms with Crippen LogP contribution in [0.3, 0.4) is 0 Å². The Morgan fingerprint density at radius 3 is 1.71 bits per heavy atom. The van der Waals surface area contributed by atoms with Crippen LogP contribution >= 0.6 is 0 Å². The van der Waals surface area contributed by atoms with Gasteiger partial charge in [0.15, 0.2) is 0 Å². The lowest BCUT2D eigenvalue weighted by molar-refractivity contribution is -0.545. The Bertz CT molecular complexity index is 807. The summed E-state index contributed by atoms with van der Waals surface area (Å²) in [7, 11) is 0. The molecule has 3 aromatic rings. The lowest BCUT2D eigenvalue weighted by Crippen LogP contribution is -3.00. The molecule has 0 aromatic heterocycles. The molecule has 0 spiro atoms. The van der Waals surface area contributed by atoms with E-state index in [1.165, 1.54) is 0 Å². The predicted molar refractivity (Wildman–Crippen MR) is 92.7 cm³/mol. The molecular weight excluding hydrogens is 364 g/mol. The van der Waals surface area contributed by atoms with Gasteiger partial charge in [0, 0.05) is 0 Å². The molecular formula is C19H17BrN4. The number of rotatable bonds is 3. The summed E-state index contributed by atoms with van der Waals surface area (Å²) in [6.07, 6.45) is 0. The molecule has 24 heavy (non-hydrogen) atoms. The van der Waals surface area contributed by atoms with E-state index in [2.05, 4.69) is 46.9 Å². The fraction of sp³-hybridized carbons (Fsp3) is 0. The first-order chi connectivity index (χ1) is 11.4. The van der Waals surface area contributed by atoms with Gasteiger partial charge in [-0.05, 0) is 36.4 Å². The SMILES string of the molecule is [Br-].c1ccc(C2=NN(c3ccccc3)N(c3ccccc3)[NH2+]2)cc1. The minimum atomic E-state index is 0. The molecule has 4 rings (SSSR count). The van der Waals surface area contributed by atoms with Gasteiger partial charge in [0.25, 0.3) is 5.84 Å². The molecule has 1 heterocycles. The second-order valence-electron chi connectivity index (χ2n) is 5.29. The summed E-state index contributed by atoms with van der Waals surface area (Å²) in [6, 6.07) is 30.6. The van der Waals surface area contributed by atoms with E-state index >= 15 is 0 Å². The van der Waals surface area contributed by atoms with Crippen LogP contribution in [0, 0.1) is 0 Å². The second kappa shape index (κ2) is 7.29. The van der Waals surface area contributed by atoms with Crippen LogP contribution in [0.15, 0.2) is 96.1 Å². The topological polar surface area (TPSA) is 35.5 Å². The zero-order valence-electron chi connectivity index (χ0n) is 13.0. The zero-order chi connectivity index (χ0) is 15.5. The number of hydrogen-bond acceptors (Lipinski definition) is 3. The summed E-state index contributed by atoms with van der Waals surface area (Å²) in [4.78, 5) is 0. The predicted octanol–water partition coefficient (Wildman–Crippen LogP) is -0.228. The van der Waals surface area contributed by atoms with Crippen molar-refractivity contribution < 1.29 is 22.4 Å². The number of hydrogen-bond donors (Lipinski definition) is 1. The Balaban J connectivity index is 0.00000169. The summed E-state index contributed by atoms with van der Waals surface area (Å²) in [5.74, 6) is 0.943. The molecule has 0 saturated heterocycles. The Morgan fingerprint density at radius 2 is 1.12 bits per heavy atom. The van der Waals surface area contributed by atoms with Crippen LogP contribution in [0.25, 0.3) is 0 Å². The molecule has 0 atom stereocenters. The van der Waals surface area contributed by atoms with Crippen molar-refractivity contribution in [3.8, 4) is 0 Å². The van der Waals surface area contributed by atoms with Gasteiger partial charge in [-0.25, -0.2) is 0 Å². The second-order valence-corrected chi connectivity index (χ2v) is 5.29. The van der Waals surface area contributed by atoms with Crippen LogP contribution in [0.5, 0.6) is 0 Å². The van der Waals surface area contributed by atoms with E-state index in [9.17, 15) is 0 Å². The van der Waals surface area contributed by atoms with Crippen LogP contribution in [-0.2, 0) is 0 Å². The van der Waals surface area contributed by atoms with E-state index < -0.39 is 0 Å². The average molecular weight is 381 g/mol. The molecule has 5 heteroatoms. The Morgan fingerprint density at radius 1 is 0.625 bits per heavy atom. The van der Waals surface area contributed by atoms with Crippen LogP contribution in [0.2, 0.25) is 0 Å². The lowest BCUT2D eigenvalue weighted by atomic mass is 10.2. The Hall–Kier alpha value is -2.63. The van der Waals surface area contributed by atoms with Crippen molar-refractivity contribution >= 4 is 17.2 Å². The Labute approximate surface area is 151 Å². The van der Waals surface area contributed by atoms with Gasteiger partial charge in [-0.1, -0.05) is 59.7 Å². The highest BCUT2D eigenvalue weighted by molar-refractivity contribution is 5.93. The fourth-order valence-electron chi connectivity index (χ4n) is 2.60. The summed E-state index contributed by atoms with van der Waals surface area (Å²) < 4.78 is 0. The van der Waals surface area contributed by atoms with Gasteiger partial charge in [0.2, 0.25) is 0 Å². The number of hydrazone groups is 1. The maximum atomic E-state index is 4.81. The molecule has 0 fully saturated rings. The molecule has 0 unspecified atom stereocenters. The molecule has 0 bridgehead atoms. The molecule has 0 saturated carbocycles. The quantitative estimate of drug-likeness (QED) is 0.637. The summed E-state index contributed by atoms with van der Waals surface area (Å²) >= 11 is 0. The van der Waals surface area contributed by atoms with E-state index in [4.69, 9.17) is 5.10 Å². The van der Waals surface area contributed by atoms with E-state index in [1.807, 2.05) is 59.7 Å². The van der Waals surface area contributed by atoms with Crippen molar-refractivity contribution in [2.75, 3.05) is 10.2 Å². The van der Waals surface area contributed by atoms with Crippen molar-refractivity contribution in [1.82, 2.24) is 0 Å². The zero-order valence-corrected chi connectivity index (χ0v) is 14.5. The monoisotopic (exact) mass is 380 g/mol. The van der Waals surface area contributed by atoms with E-state index in [1.54, 1.807) is 0 Å². The van der Waals surface area contributed by atoms with Crippen molar-refractivity contribution in [2.24, 2.45) is 5.10 Å². The van der Waals surface area contributed by atoms with Crippen molar-refractivity contribution in [1.29, 1.82) is 0 Å². The molecule has 4 nitrogen and oxygen atoms in total. The highest BCUT2D eigenvalue weighted by atomic mass is 79.9. The average Bonchev–Trinajstić information content (AvgIpc) is 3.09. The standard InChI is InChI=1S/C19H16N4.BrH/c1-4-10-16(11-5-1)19-20-22(17-12-6-2-7-13-17)23(21-19)18-14-8-3-9-15-18;/h1-15H,(H,20,21);1H. The first kappa shape index (κ1) is 16.2. The molecule has 0 radical (unpaired) electrons. The van der Waals surface area contributed by atoms with Gasteiger partial charge in [-0.2, -0.15) is 5.43 Å². The highest BCUT2D eigenvalue weighted by Gasteiger charge is 2.30. The van der Waals surface area contributed by atoms with Crippen LogP contribution in [-0.4, -0.2) is 5.84 Å². The van der Waals surface area contributed by atoms with Gasteiger partial charge in [-0.15, -0.1) is 10.2 Å². The van der Waals surface area contributed by atoms with E-state index in [0.717, 1.165) is 22.8 Å². The highest BCUT2D eigenvalue weighted by Crippen LogP contribution is 2.22. The molecule has 1 aliphatic heterocycles. The molecule has 120 valence electrons. The summed E-state index contributed by atoms with van der Waals surface area (Å²) in [6.45, 7) is 0. The van der Waals surface area contributed by atoms with Crippen LogP contribution in [0.1, 0.15) is 5.56 Å². The third-order valence-electron chi connectivity index (χ3n) is 3.73. The maximum Gasteiger partial charge on any atom is 0.277 e. The van der Waals surface area contributed by atoms with Gasteiger partial charge in [-0.3, -0.25) is 0 Å². The van der Waals surface area contributed by atoms with E-state index in [0.29, 0.717) is 0 Å². The third kappa shape index (κ3) is 3.18. The number of anilines is 2. The largest absolute Gasteiger partial charge is 1.00 e. The number of hydrazine groups is 1. The number of amidine groups is 1. The fourth-order valence-corrected chi connectivity index (χ4v) is 2.60. The number of para-hydroxylation sites is 2. The summed E-state index contributed by atoms with van der Waals surface area (Å²) in [5.41, 5.74) is 5.27. The van der Waals surface area contributed by atoms with Crippen LogP contribution < -0.4 is 32.6 Å². The molecule has 0 amide bonds. The first-order valence-corrected chi connectivity index (χ1v) is 7.60. The van der Waals surface area contributed by atoms with E-state index in [-0.39, 0.29) is 17.0 Å². The number of benzene rings is 3. The minimum Gasteiger partial charge on any atom is -1.00 e. The van der Waals surface area contributed by atoms with Crippen molar-refractivity contribution in [3.05, 3.63) is 96.6 Å². The molecule has 3 aromatic carbocycles. The van der Waals surface area contributed by atoms with Crippen molar-refractivity contribution in [3.63, 3.8) is 0 Å². The first-order valence-electron chi connectivity index (χ1n) is 7.60. The Kier molecular flexibility index (Phi) is 4.93. The normalized spacial score (nSPS) is 13.4. The minimum absolute atomic E-state index is 0. The molecule has 0 aliphatic carbocycles. The number of nitrogens with zero attached hydrogens (tertiary/aromatic N) is 3. The van der Waals surface area contributed by atoms with Crippen LogP contribution in [0.4, 0.5) is 11.4 Å². The number of quaternary nitrogens is 1. The molecule has 2 N–H and O–H groups in total. The molecule has 1 aliphatic rings. The van der Waals surface area contributed by atoms with Gasteiger partial charge < -0.3 is 17.0 Å². The van der Waals surface area contributed by atoms with Crippen molar-refractivity contribution in [2.45, 2.75) is 0 Å². The number of nitrogens with two attached hydrogens (primary N) is 1.